The molecule has 1 atom stereocenters. The predicted molar refractivity (Wildman–Crippen MR) is 97.8 cm³/mol. The molecule has 0 radical (unpaired) electrons. The van der Waals surface area contributed by atoms with Gasteiger partial charge in [-0.2, -0.15) is 0 Å². The largest absolute Gasteiger partial charge is 0.368 e. The molecule has 0 fully saturated rings. The Hall–Kier alpha value is -2.54. The predicted octanol–water partition coefficient (Wildman–Crippen LogP) is 1.24. The highest BCUT2D eigenvalue weighted by molar-refractivity contribution is 5.85. The van der Waals surface area contributed by atoms with E-state index >= 15 is 0 Å². The molecule has 0 aromatic carbocycles. The van der Waals surface area contributed by atoms with E-state index in [0.717, 1.165) is 12.1 Å². The van der Waals surface area contributed by atoms with Crippen molar-refractivity contribution in [3.05, 3.63) is 48.0 Å². The lowest BCUT2D eigenvalue weighted by molar-refractivity contribution is -0.124. The zero-order chi connectivity index (χ0) is 18.4. The Bertz CT molecular complexity index is 706. The number of hydrogen-bond donors (Lipinski definition) is 2. The summed E-state index contributed by atoms with van der Waals surface area (Å²) >= 11 is 0. The van der Waals surface area contributed by atoms with Crippen molar-refractivity contribution >= 4 is 11.9 Å². The fourth-order valence-electron chi connectivity index (χ4n) is 2.68. The smallest absolute Gasteiger partial charge is 0.243 e. The van der Waals surface area contributed by atoms with Crippen LogP contribution in [-0.4, -0.2) is 34.5 Å². The standard InChI is InChI=1S/C18H26N6O/c1-13(2)12-18(20,16(19)25)15-7-10-22-17(23-15)24(3)11-8-14-6-4-5-9-21-14/h4-7,9-10,13H,8,11-12,20H2,1-3H3,(H2,19,25)/t18-/m1/s1. The minimum absolute atomic E-state index is 0.206. The molecule has 0 spiro atoms. The molecule has 0 aliphatic heterocycles. The minimum atomic E-state index is -1.30. The Balaban J connectivity index is 2.17. The number of carbonyl (C=O) groups is 1. The summed E-state index contributed by atoms with van der Waals surface area (Å²) in [6, 6.07) is 7.48. The molecule has 25 heavy (non-hydrogen) atoms. The number of amides is 1. The van der Waals surface area contributed by atoms with Crippen LogP contribution < -0.4 is 16.4 Å². The van der Waals surface area contributed by atoms with Crippen LogP contribution in [-0.2, 0) is 16.8 Å². The van der Waals surface area contributed by atoms with E-state index in [0.29, 0.717) is 24.6 Å². The second-order valence-corrected chi connectivity index (χ2v) is 6.67. The van der Waals surface area contributed by atoms with E-state index in [1.165, 1.54) is 0 Å². The van der Waals surface area contributed by atoms with Gasteiger partial charge in [-0.3, -0.25) is 9.78 Å². The summed E-state index contributed by atoms with van der Waals surface area (Å²) in [5.74, 6) is 0.132. The van der Waals surface area contributed by atoms with E-state index < -0.39 is 11.4 Å². The number of nitrogens with two attached hydrogens (primary N) is 2. The van der Waals surface area contributed by atoms with Gasteiger partial charge < -0.3 is 16.4 Å². The van der Waals surface area contributed by atoms with Gasteiger partial charge in [-0.25, -0.2) is 9.97 Å². The first kappa shape index (κ1) is 18.8. The average Bonchev–Trinajstić information content (AvgIpc) is 2.60. The van der Waals surface area contributed by atoms with Gasteiger partial charge in [0, 0.05) is 38.1 Å². The first-order valence-electron chi connectivity index (χ1n) is 8.36. The molecule has 0 unspecified atom stereocenters. The topological polar surface area (TPSA) is 111 Å². The van der Waals surface area contributed by atoms with E-state index in [4.69, 9.17) is 11.5 Å². The molecule has 0 aliphatic carbocycles. The van der Waals surface area contributed by atoms with E-state index in [-0.39, 0.29) is 5.92 Å². The SMILES string of the molecule is CC(C)C[C@](N)(C(N)=O)c1ccnc(N(C)CCc2ccccn2)n1. The van der Waals surface area contributed by atoms with E-state index in [9.17, 15) is 4.79 Å². The molecular weight excluding hydrogens is 316 g/mol. The van der Waals surface area contributed by atoms with E-state index in [1.54, 1.807) is 18.5 Å². The molecule has 134 valence electrons. The number of nitrogens with zero attached hydrogens (tertiary/aromatic N) is 4. The summed E-state index contributed by atoms with van der Waals surface area (Å²) in [5, 5.41) is 0. The molecule has 0 aliphatic rings. The quantitative estimate of drug-likeness (QED) is 0.746. The minimum Gasteiger partial charge on any atom is -0.368 e. The molecule has 7 nitrogen and oxygen atoms in total. The molecule has 7 heteroatoms. The first-order valence-corrected chi connectivity index (χ1v) is 8.36. The molecule has 2 heterocycles. The Labute approximate surface area is 148 Å². The van der Waals surface area contributed by atoms with Gasteiger partial charge in [0.1, 0.15) is 5.54 Å². The normalized spacial score (nSPS) is 13.5. The molecular formula is C18H26N6O. The monoisotopic (exact) mass is 342 g/mol. The van der Waals surface area contributed by atoms with Crippen molar-refractivity contribution in [3.63, 3.8) is 0 Å². The number of pyridine rings is 1. The molecule has 0 bridgehead atoms. The lowest BCUT2D eigenvalue weighted by atomic mass is 9.86. The van der Waals surface area contributed by atoms with Gasteiger partial charge in [-0.05, 0) is 30.5 Å². The van der Waals surface area contributed by atoms with Crippen molar-refractivity contribution in [3.8, 4) is 0 Å². The van der Waals surface area contributed by atoms with Crippen molar-refractivity contribution < 1.29 is 4.79 Å². The van der Waals surface area contributed by atoms with Gasteiger partial charge in [0.05, 0.1) is 5.69 Å². The van der Waals surface area contributed by atoms with Gasteiger partial charge >= 0.3 is 0 Å². The van der Waals surface area contributed by atoms with Crippen molar-refractivity contribution in [1.29, 1.82) is 0 Å². The fraction of sp³-hybridized carbons (Fsp3) is 0.444. The third kappa shape index (κ3) is 4.73. The lowest BCUT2D eigenvalue weighted by Gasteiger charge is -2.28. The number of aromatic nitrogens is 3. The zero-order valence-electron chi connectivity index (χ0n) is 15.0. The summed E-state index contributed by atoms with van der Waals surface area (Å²) in [4.78, 5) is 27.0. The van der Waals surface area contributed by atoms with Gasteiger partial charge in [0.15, 0.2) is 0 Å². The molecule has 2 aromatic rings. The second kappa shape index (κ2) is 8.02. The van der Waals surface area contributed by atoms with Crippen molar-refractivity contribution in [2.75, 3.05) is 18.5 Å². The zero-order valence-corrected chi connectivity index (χ0v) is 15.0. The highest BCUT2D eigenvalue weighted by Gasteiger charge is 2.36. The van der Waals surface area contributed by atoms with Crippen LogP contribution in [0.2, 0.25) is 0 Å². The van der Waals surface area contributed by atoms with Crippen molar-refractivity contribution in [2.24, 2.45) is 17.4 Å². The molecule has 0 saturated heterocycles. The molecule has 0 saturated carbocycles. The van der Waals surface area contributed by atoms with Crippen molar-refractivity contribution in [1.82, 2.24) is 15.0 Å². The van der Waals surface area contributed by atoms with Crippen LogP contribution in [0.15, 0.2) is 36.7 Å². The number of hydrogen-bond acceptors (Lipinski definition) is 6. The van der Waals surface area contributed by atoms with Crippen LogP contribution in [0.25, 0.3) is 0 Å². The first-order chi connectivity index (χ1) is 11.8. The lowest BCUT2D eigenvalue weighted by Crippen LogP contribution is -2.50. The van der Waals surface area contributed by atoms with Crippen LogP contribution in [0, 0.1) is 5.92 Å². The number of rotatable bonds is 8. The summed E-state index contributed by atoms with van der Waals surface area (Å²) in [6.45, 7) is 4.68. The number of anilines is 1. The van der Waals surface area contributed by atoms with Crippen LogP contribution in [0.1, 0.15) is 31.7 Å². The van der Waals surface area contributed by atoms with Gasteiger partial charge in [-0.15, -0.1) is 0 Å². The Morgan fingerprint density at radius 2 is 2.00 bits per heavy atom. The summed E-state index contributed by atoms with van der Waals surface area (Å²) in [7, 11) is 1.90. The number of carbonyl (C=O) groups excluding carboxylic acids is 1. The Morgan fingerprint density at radius 3 is 2.60 bits per heavy atom. The van der Waals surface area contributed by atoms with Gasteiger partial charge in [0.2, 0.25) is 11.9 Å². The fourth-order valence-corrected chi connectivity index (χ4v) is 2.68. The van der Waals surface area contributed by atoms with E-state index in [1.807, 2.05) is 44.0 Å². The highest BCUT2D eigenvalue weighted by atomic mass is 16.1. The second-order valence-electron chi connectivity index (χ2n) is 6.67. The van der Waals surface area contributed by atoms with Gasteiger partial charge in [-0.1, -0.05) is 19.9 Å². The maximum absolute atomic E-state index is 12.0. The maximum Gasteiger partial charge on any atom is 0.243 e. The molecule has 4 N–H and O–H groups in total. The van der Waals surface area contributed by atoms with Crippen molar-refractivity contribution in [2.45, 2.75) is 32.2 Å². The summed E-state index contributed by atoms with van der Waals surface area (Å²) < 4.78 is 0. The van der Waals surface area contributed by atoms with Crippen LogP contribution in [0.4, 0.5) is 5.95 Å². The highest BCUT2D eigenvalue weighted by Crippen LogP contribution is 2.25. The van der Waals surface area contributed by atoms with E-state index in [2.05, 4.69) is 15.0 Å². The third-order valence-electron chi connectivity index (χ3n) is 4.04. The maximum atomic E-state index is 12.0. The third-order valence-corrected chi connectivity index (χ3v) is 4.04. The van der Waals surface area contributed by atoms with Crippen LogP contribution >= 0.6 is 0 Å². The Kier molecular flexibility index (Phi) is 6.03. The molecule has 1 amide bonds. The van der Waals surface area contributed by atoms with Crippen LogP contribution in [0.3, 0.4) is 0 Å². The summed E-state index contributed by atoms with van der Waals surface area (Å²) in [6.07, 6.45) is 4.57. The molecule has 2 rings (SSSR count). The average molecular weight is 342 g/mol. The van der Waals surface area contributed by atoms with Gasteiger partial charge in [0.25, 0.3) is 0 Å². The Morgan fingerprint density at radius 1 is 1.24 bits per heavy atom. The van der Waals surface area contributed by atoms with Crippen LogP contribution in [0.5, 0.6) is 0 Å². The summed E-state index contributed by atoms with van der Waals surface area (Å²) in [5.41, 5.74) is 12.0. The number of likely N-dealkylation sites (N-methyl/N-ethyl adjacent to an activating group) is 1. The molecule has 2 aromatic heterocycles. The number of primary amides is 1.